The van der Waals surface area contributed by atoms with Crippen molar-refractivity contribution < 1.29 is 18.0 Å². The molecule has 0 aliphatic rings. The Kier molecular flexibility index (Phi) is 3.52. The molecule has 7 heteroatoms. The monoisotopic (exact) mass is 283 g/mol. The maximum atomic E-state index is 12.6. The summed E-state index contributed by atoms with van der Waals surface area (Å²) in [6.45, 7) is 0. The molecule has 20 heavy (non-hydrogen) atoms. The van der Waals surface area contributed by atoms with Crippen LogP contribution in [0.2, 0.25) is 0 Å². The van der Waals surface area contributed by atoms with Crippen molar-refractivity contribution in [2.24, 2.45) is 0 Å². The predicted molar refractivity (Wildman–Crippen MR) is 67.4 cm³/mol. The Morgan fingerprint density at radius 3 is 2.70 bits per heavy atom. The van der Waals surface area contributed by atoms with Crippen molar-refractivity contribution in [2.75, 3.05) is 14.1 Å². The lowest BCUT2D eigenvalue weighted by atomic mass is 10.2. The molecule has 2 aromatic heterocycles. The molecule has 0 N–H and O–H groups in total. The first-order chi connectivity index (χ1) is 9.29. The number of hydrogen-bond donors (Lipinski definition) is 0. The van der Waals surface area contributed by atoms with Gasteiger partial charge in [-0.1, -0.05) is 0 Å². The number of alkyl halides is 3. The van der Waals surface area contributed by atoms with E-state index in [9.17, 15) is 18.0 Å². The van der Waals surface area contributed by atoms with Crippen molar-refractivity contribution >= 4 is 11.4 Å². The number of rotatable bonds is 3. The maximum Gasteiger partial charge on any atom is 0.416 e. The van der Waals surface area contributed by atoms with Crippen molar-refractivity contribution in [1.82, 2.24) is 14.3 Å². The molecule has 0 aliphatic carbocycles. The van der Waals surface area contributed by atoms with Crippen LogP contribution < -0.4 is 0 Å². The fourth-order valence-corrected chi connectivity index (χ4v) is 1.64. The number of pyridine rings is 1. The quantitative estimate of drug-likeness (QED) is 0.642. The Hall–Kier alpha value is -2.31. The van der Waals surface area contributed by atoms with Crippen LogP contribution in [-0.2, 0) is 6.18 Å². The summed E-state index contributed by atoms with van der Waals surface area (Å²) in [6.07, 6.45) is 0.926. The minimum Gasteiger partial charge on any atom is -0.383 e. The van der Waals surface area contributed by atoms with E-state index in [0.717, 1.165) is 12.1 Å². The third-order valence-electron chi connectivity index (χ3n) is 2.62. The normalized spacial score (nSPS) is 12.2. The predicted octanol–water partition coefficient (Wildman–Crippen LogP) is 2.61. The summed E-state index contributed by atoms with van der Waals surface area (Å²) in [6, 6.07) is 1.83. The summed E-state index contributed by atoms with van der Waals surface area (Å²) in [5.74, 6) is -0.328. The van der Waals surface area contributed by atoms with E-state index in [1.165, 1.54) is 22.9 Å². The molecule has 0 saturated carbocycles. The molecule has 0 saturated heterocycles. The Morgan fingerprint density at radius 1 is 1.40 bits per heavy atom. The van der Waals surface area contributed by atoms with Crippen LogP contribution in [0.4, 0.5) is 13.2 Å². The topological polar surface area (TPSA) is 37.6 Å². The smallest absolute Gasteiger partial charge is 0.383 e. The van der Waals surface area contributed by atoms with Crippen molar-refractivity contribution in [3.63, 3.8) is 0 Å². The molecule has 0 unspecified atom stereocenters. The molecule has 0 bridgehead atoms. The third kappa shape index (κ3) is 2.81. The summed E-state index contributed by atoms with van der Waals surface area (Å²) in [7, 11) is 3.52. The average Bonchev–Trinajstić information content (AvgIpc) is 2.77. The largest absolute Gasteiger partial charge is 0.416 e. The Balaban J connectivity index is 2.41. The summed E-state index contributed by atoms with van der Waals surface area (Å²) in [4.78, 5) is 17.4. The highest BCUT2D eigenvalue weighted by atomic mass is 19.4. The van der Waals surface area contributed by atoms with Gasteiger partial charge in [-0.15, -0.1) is 0 Å². The molecule has 0 aromatic carbocycles. The molecule has 0 spiro atoms. The van der Waals surface area contributed by atoms with Gasteiger partial charge >= 0.3 is 6.18 Å². The van der Waals surface area contributed by atoms with Crippen molar-refractivity contribution in [1.29, 1.82) is 0 Å². The zero-order valence-electron chi connectivity index (χ0n) is 10.8. The Labute approximate surface area is 113 Å². The first kappa shape index (κ1) is 14.1. The van der Waals surface area contributed by atoms with Gasteiger partial charge in [0.25, 0.3) is 0 Å². The van der Waals surface area contributed by atoms with Gasteiger partial charge in [-0.05, 0) is 12.1 Å². The van der Waals surface area contributed by atoms with Gasteiger partial charge in [0.15, 0.2) is 0 Å². The highest BCUT2D eigenvalue weighted by Gasteiger charge is 2.31. The molecule has 0 fully saturated rings. The van der Waals surface area contributed by atoms with Crippen LogP contribution >= 0.6 is 0 Å². The van der Waals surface area contributed by atoms with Crippen LogP contribution in [0.15, 0.2) is 36.8 Å². The minimum atomic E-state index is -4.43. The number of fused-ring (bicyclic) bond motifs is 1. The number of nitrogens with zero attached hydrogens (tertiary/aromatic N) is 3. The Bertz CT molecular complexity index is 671. The number of carbonyl (C=O) groups is 1. The standard InChI is InChI=1S/C13H12F3N3O/c1-18(2)5-4-11(20)10-8-17-12-7-9(13(14,15)16)3-6-19(10)12/h3-8H,1-2H3. The molecule has 0 atom stereocenters. The lowest BCUT2D eigenvalue weighted by Gasteiger charge is -2.07. The van der Waals surface area contributed by atoms with Crippen LogP contribution in [0.5, 0.6) is 0 Å². The SMILES string of the molecule is CN(C)C=CC(=O)c1cnc2cc(C(F)(F)F)ccn12. The number of halogens is 3. The number of aromatic nitrogens is 2. The van der Waals surface area contributed by atoms with E-state index in [2.05, 4.69) is 4.98 Å². The van der Waals surface area contributed by atoms with Gasteiger partial charge in [-0.2, -0.15) is 13.2 Å². The minimum absolute atomic E-state index is 0.0847. The van der Waals surface area contributed by atoms with Crippen LogP contribution in [0.1, 0.15) is 16.1 Å². The summed E-state index contributed by atoms with van der Waals surface area (Å²) < 4.78 is 39.0. The molecule has 2 aromatic rings. The van der Waals surface area contributed by atoms with E-state index < -0.39 is 11.7 Å². The van der Waals surface area contributed by atoms with Gasteiger partial charge in [0.05, 0.1) is 11.8 Å². The third-order valence-corrected chi connectivity index (χ3v) is 2.62. The van der Waals surface area contributed by atoms with E-state index in [1.807, 2.05) is 0 Å². The number of allylic oxidation sites excluding steroid dienone is 1. The fraction of sp³-hybridized carbons (Fsp3) is 0.231. The van der Waals surface area contributed by atoms with Crippen molar-refractivity contribution in [3.8, 4) is 0 Å². The van der Waals surface area contributed by atoms with E-state index >= 15 is 0 Å². The number of imidazole rings is 1. The lowest BCUT2D eigenvalue weighted by Crippen LogP contribution is -2.07. The highest BCUT2D eigenvalue weighted by molar-refractivity contribution is 6.03. The second-order valence-corrected chi connectivity index (χ2v) is 4.43. The van der Waals surface area contributed by atoms with E-state index in [0.29, 0.717) is 0 Å². The second-order valence-electron chi connectivity index (χ2n) is 4.43. The van der Waals surface area contributed by atoms with Gasteiger partial charge in [-0.3, -0.25) is 9.20 Å². The zero-order valence-corrected chi connectivity index (χ0v) is 10.8. The molecule has 0 amide bonds. The number of carbonyl (C=O) groups excluding carboxylic acids is 1. The maximum absolute atomic E-state index is 12.6. The first-order valence-corrected chi connectivity index (χ1v) is 5.72. The molecule has 0 aliphatic heterocycles. The molecule has 2 rings (SSSR count). The van der Waals surface area contributed by atoms with Gasteiger partial charge in [0.2, 0.25) is 5.78 Å². The highest BCUT2D eigenvalue weighted by Crippen LogP contribution is 2.29. The van der Waals surface area contributed by atoms with Crippen molar-refractivity contribution in [2.45, 2.75) is 6.18 Å². The summed E-state index contributed by atoms with van der Waals surface area (Å²) in [5, 5.41) is 0. The van der Waals surface area contributed by atoms with E-state index in [-0.39, 0.29) is 17.1 Å². The molecule has 4 nitrogen and oxygen atoms in total. The van der Waals surface area contributed by atoms with Crippen LogP contribution in [0.25, 0.3) is 5.65 Å². The van der Waals surface area contributed by atoms with Crippen LogP contribution in [-0.4, -0.2) is 34.2 Å². The van der Waals surface area contributed by atoms with Crippen LogP contribution in [0.3, 0.4) is 0 Å². The van der Waals surface area contributed by atoms with Gasteiger partial charge in [0.1, 0.15) is 11.3 Å². The van der Waals surface area contributed by atoms with E-state index in [4.69, 9.17) is 0 Å². The van der Waals surface area contributed by atoms with Gasteiger partial charge in [-0.25, -0.2) is 4.98 Å². The molecular formula is C13H12F3N3O. The average molecular weight is 283 g/mol. The van der Waals surface area contributed by atoms with Crippen LogP contribution in [0, 0.1) is 0 Å². The lowest BCUT2D eigenvalue weighted by molar-refractivity contribution is -0.137. The van der Waals surface area contributed by atoms with E-state index in [1.54, 1.807) is 25.2 Å². The summed E-state index contributed by atoms with van der Waals surface area (Å²) in [5.41, 5.74) is -0.494. The first-order valence-electron chi connectivity index (χ1n) is 5.72. The zero-order chi connectivity index (χ0) is 14.9. The Morgan fingerprint density at radius 2 is 2.10 bits per heavy atom. The van der Waals surface area contributed by atoms with Crippen molar-refractivity contribution in [3.05, 3.63) is 48.1 Å². The second kappa shape index (κ2) is 4.99. The number of hydrogen-bond acceptors (Lipinski definition) is 3. The molecular weight excluding hydrogens is 271 g/mol. The fourth-order valence-electron chi connectivity index (χ4n) is 1.64. The summed E-state index contributed by atoms with van der Waals surface area (Å²) >= 11 is 0. The van der Waals surface area contributed by atoms with Gasteiger partial charge < -0.3 is 4.90 Å². The van der Waals surface area contributed by atoms with Gasteiger partial charge in [0, 0.05) is 32.6 Å². The molecule has 106 valence electrons. The number of ketones is 1. The molecule has 0 radical (unpaired) electrons. The molecule has 2 heterocycles.